The molecule has 1 aromatic rings. The lowest BCUT2D eigenvalue weighted by Gasteiger charge is -2.09. The number of hydrogen-bond donors (Lipinski definition) is 1. The summed E-state index contributed by atoms with van der Waals surface area (Å²) in [6.45, 7) is 3.06. The summed E-state index contributed by atoms with van der Waals surface area (Å²) >= 11 is 1.94. The van der Waals surface area contributed by atoms with E-state index < -0.39 is 0 Å². The first kappa shape index (κ1) is 9.46. The number of nitrogens with zero attached hydrogens (tertiary/aromatic N) is 2. The van der Waals surface area contributed by atoms with Crippen LogP contribution in [0.25, 0.3) is 0 Å². The van der Waals surface area contributed by atoms with Gasteiger partial charge in [0.05, 0.1) is 5.69 Å². The molecule has 0 amide bonds. The van der Waals surface area contributed by atoms with Crippen molar-refractivity contribution in [1.82, 2.24) is 9.97 Å². The van der Waals surface area contributed by atoms with Crippen LogP contribution in [0.2, 0.25) is 0 Å². The van der Waals surface area contributed by atoms with Crippen LogP contribution in [0.4, 0.5) is 5.82 Å². The van der Waals surface area contributed by atoms with E-state index in [9.17, 15) is 0 Å². The fourth-order valence-corrected chi connectivity index (χ4v) is 2.95. The quantitative estimate of drug-likeness (QED) is 0.851. The van der Waals surface area contributed by atoms with Crippen LogP contribution in [0, 0.1) is 0 Å². The van der Waals surface area contributed by atoms with Crippen molar-refractivity contribution < 1.29 is 0 Å². The molecule has 4 heteroatoms. The molecule has 1 aliphatic heterocycles. The molecular weight excluding hydrogens is 206 g/mol. The van der Waals surface area contributed by atoms with E-state index in [-0.39, 0.29) is 0 Å². The molecule has 80 valence electrons. The van der Waals surface area contributed by atoms with Gasteiger partial charge in [0.2, 0.25) is 0 Å². The van der Waals surface area contributed by atoms with E-state index >= 15 is 0 Å². The molecule has 1 N–H and O–H groups in total. The Kier molecular flexibility index (Phi) is 2.31. The minimum Gasteiger partial charge on any atom is -0.370 e. The van der Waals surface area contributed by atoms with Crippen LogP contribution < -0.4 is 5.32 Å². The predicted molar refractivity (Wildman–Crippen MR) is 63.2 cm³/mol. The van der Waals surface area contributed by atoms with Crippen molar-refractivity contribution in [3.8, 4) is 0 Å². The lowest BCUT2D eigenvalue weighted by atomic mass is 10.2. The second-order valence-corrected chi connectivity index (χ2v) is 5.14. The predicted octanol–water partition coefficient (Wildman–Crippen LogP) is 2.53. The maximum Gasteiger partial charge on any atom is 0.134 e. The lowest BCUT2D eigenvalue weighted by Crippen LogP contribution is -2.07. The van der Waals surface area contributed by atoms with Gasteiger partial charge in [-0.2, -0.15) is 11.8 Å². The van der Waals surface area contributed by atoms with Crippen LogP contribution in [0.15, 0.2) is 0 Å². The first-order valence-electron chi connectivity index (χ1n) is 5.59. The molecule has 1 fully saturated rings. The molecule has 1 aliphatic carbocycles. The fourth-order valence-electron chi connectivity index (χ4n) is 1.91. The lowest BCUT2D eigenvalue weighted by molar-refractivity contribution is 0.892. The molecule has 0 radical (unpaired) electrons. The molecule has 1 aromatic heterocycles. The van der Waals surface area contributed by atoms with Gasteiger partial charge in [0, 0.05) is 29.5 Å². The van der Waals surface area contributed by atoms with Gasteiger partial charge in [-0.1, -0.05) is 0 Å². The minimum absolute atomic E-state index is 0.651. The number of thioether (sulfide) groups is 1. The Morgan fingerprint density at radius 2 is 2.20 bits per heavy atom. The fraction of sp³-hybridized carbons (Fsp3) is 0.636. The summed E-state index contributed by atoms with van der Waals surface area (Å²) < 4.78 is 0. The van der Waals surface area contributed by atoms with Gasteiger partial charge in [-0.25, -0.2) is 9.97 Å². The van der Waals surface area contributed by atoms with Gasteiger partial charge in [-0.15, -0.1) is 0 Å². The van der Waals surface area contributed by atoms with E-state index in [0.717, 1.165) is 29.7 Å². The third-order valence-electron chi connectivity index (χ3n) is 2.88. The van der Waals surface area contributed by atoms with Crippen molar-refractivity contribution in [2.45, 2.75) is 37.2 Å². The smallest absolute Gasteiger partial charge is 0.134 e. The average Bonchev–Trinajstić information content (AvgIpc) is 2.98. The molecule has 0 atom stereocenters. The Bertz CT molecular complexity index is 388. The Hall–Kier alpha value is -0.770. The van der Waals surface area contributed by atoms with E-state index in [1.165, 1.54) is 24.1 Å². The Balaban J connectivity index is 2.02. The Labute approximate surface area is 94.1 Å². The van der Waals surface area contributed by atoms with E-state index in [4.69, 9.17) is 0 Å². The number of rotatable bonds is 3. The van der Waals surface area contributed by atoms with Gasteiger partial charge >= 0.3 is 0 Å². The number of hydrogen-bond acceptors (Lipinski definition) is 4. The van der Waals surface area contributed by atoms with Crippen LogP contribution in [0.1, 0.15) is 42.8 Å². The summed E-state index contributed by atoms with van der Waals surface area (Å²) in [5.41, 5.74) is 2.61. The average molecular weight is 221 g/mol. The molecule has 3 rings (SSSR count). The zero-order valence-electron chi connectivity index (χ0n) is 8.92. The highest BCUT2D eigenvalue weighted by atomic mass is 32.2. The number of anilines is 1. The molecule has 0 unspecified atom stereocenters. The zero-order valence-corrected chi connectivity index (χ0v) is 9.73. The third-order valence-corrected chi connectivity index (χ3v) is 3.85. The summed E-state index contributed by atoms with van der Waals surface area (Å²) in [5, 5.41) is 3.37. The van der Waals surface area contributed by atoms with Gasteiger partial charge < -0.3 is 5.32 Å². The van der Waals surface area contributed by atoms with Crippen molar-refractivity contribution >= 4 is 17.6 Å². The molecule has 0 bridgehead atoms. The third kappa shape index (κ3) is 1.71. The largest absolute Gasteiger partial charge is 0.370 e. The monoisotopic (exact) mass is 221 g/mol. The highest BCUT2D eigenvalue weighted by Crippen LogP contribution is 2.41. The van der Waals surface area contributed by atoms with E-state index in [2.05, 4.69) is 22.2 Å². The van der Waals surface area contributed by atoms with Crippen LogP contribution in [0.3, 0.4) is 0 Å². The normalized spacial score (nSPS) is 19.0. The molecule has 3 nitrogen and oxygen atoms in total. The maximum absolute atomic E-state index is 4.69. The van der Waals surface area contributed by atoms with Gasteiger partial charge in [-0.05, 0) is 19.8 Å². The SMILES string of the molecule is CCNc1nc(C2CC2)nc2c1CSC2. The van der Waals surface area contributed by atoms with Crippen molar-refractivity contribution in [2.75, 3.05) is 11.9 Å². The van der Waals surface area contributed by atoms with Crippen molar-refractivity contribution in [1.29, 1.82) is 0 Å². The van der Waals surface area contributed by atoms with Crippen molar-refractivity contribution in [3.63, 3.8) is 0 Å². The molecule has 1 saturated carbocycles. The Morgan fingerprint density at radius 3 is 2.93 bits per heavy atom. The second-order valence-electron chi connectivity index (χ2n) is 4.15. The van der Waals surface area contributed by atoms with Crippen molar-refractivity contribution in [3.05, 3.63) is 17.1 Å². The highest BCUT2D eigenvalue weighted by Gasteiger charge is 2.29. The topological polar surface area (TPSA) is 37.8 Å². The molecular formula is C11H15N3S. The van der Waals surface area contributed by atoms with Crippen molar-refractivity contribution in [2.24, 2.45) is 0 Å². The first-order chi connectivity index (χ1) is 7.38. The van der Waals surface area contributed by atoms with Gasteiger partial charge in [-0.3, -0.25) is 0 Å². The molecule has 15 heavy (non-hydrogen) atoms. The minimum atomic E-state index is 0.651. The second kappa shape index (κ2) is 3.67. The summed E-state index contributed by atoms with van der Waals surface area (Å²) in [7, 11) is 0. The summed E-state index contributed by atoms with van der Waals surface area (Å²) in [6, 6.07) is 0. The van der Waals surface area contributed by atoms with E-state index in [1.54, 1.807) is 0 Å². The number of aromatic nitrogens is 2. The standard InChI is InChI=1S/C11H15N3S/c1-2-12-11-8-5-15-6-9(8)13-10(14-11)7-3-4-7/h7H,2-6H2,1H3,(H,12,13,14). The maximum atomic E-state index is 4.69. The Morgan fingerprint density at radius 1 is 1.33 bits per heavy atom. The summed E-state index contributed by atoms with van der Waals surface area (Å²) in [6.07, 6.45) is 2.55. The molecule has 2 heterocycles. The molecule has 0 saturated heterocycles. The molecule has 0 spiro atoms. The highest BCUT2D eigenvalue weighted by molar-refractivity contribution is 7.98. The van der Waals surface area contributed by atoms with Crippen LogP contribution in [0.5, 0.6) is 0 Å². The number of nitrogens with one attached hydrogen (secondary N) is 1. The zero-order chi connectivity index (χ0) is 10.3. The summed E-state index contributed by atoms with van der Waals surface area (Å²) in [5.74, 6) is 4.96. The number of fused-ring (bicyclic) bond motifs is 1. The molecule has 2 aliphatic rings. The van der Waals surface area contributed by atoms with Gasteiger partial charge in [0.25, 0.3) is 0 Å². The van der Waals surface area contributed by atoms with Gasteiger partial charge in [0.1, 0.15) is 11.6 Å². The van der Waals surface area contributed by atoms with E-state index in [0.29, 0.717) is 5.92 Å². The van der Waals surface area contributed by atoms with Gasteiger partial charge in [0.15, 0.2) is 0 Å². The first-order valence-corrected chi connectivity index (χ1v) is 6.75. The van der Waals surface area contributed by atoms with Crippen LogP contribution in [-0.4, -0.2) is 16.5 Å². The van der Waals surface area contributed by atoms with Crippen LogP contribution >= 0.6 is 11.8 Å². The molecule has 0 aromatic carbocycles. The summed E-state index contributed by atoms with van der Waals surface area (Å²) in [4.78, 5) is 9.35. The van der Waals surface area contributed by atoms with Crippen LogP contribution in [-0.2, 0) is 11.5 Å². The van der Waals surface area contributed by atoms with E-state index in [1.807, 2.05) is 11.8 Å².